The number of piperidine rings is 1. The van der Waals surface area contributed by atoms with Crippen LogP contribution in [-0.4, -0.2) is 90.4 Å². The second-order valence-electron chi connectivity index (χ2n) is 7.91. The van der Waals surface area contributed by atoms with Gasteiger partial charge in [0.25, 0.3) is 5.91 Å². The molecule has 2 fully saturated rings. The minimum Gasteiger partial charge on any atom is -0.361 e. The molecule has 0 atom stereocenters. The third kappa shape index (κ3) is 4.20. The van der Waals surface area contributed by atoms with Gasteiger partial charge in [0.05, 0.1) is 6.54 Å². The number of rotatable bonds is 4. The number of nitrogens with zero attached hydrogens (tertiary/aromatic N) is 3. The second-order valence-corrected chi connectivity index (χ2v) is 7.91. The van der Waals surface area contributed by atoms with Gasteiger partial charge in [-0.15, -0.1) is 0 Å². The number of likely N-dealkylation sites (tertiary alicyclic amines) is 1. The fraction of sp³-hybridized carbons (Fsp3) is 0.524. The summed E-state index contributed by atoms with van der Waals surface area (Å²) >= 11 is 0. The summed E-state index contributed by atoms with van der Waals surface area (Å²) in [6.07, 6.45) is 4.28. The van der Waals surface area contributed by atoms with Crippen molar-refractivity contribution in [1.82, 2.24) is 25.0 Å². The van der Waals surface area contributed by atoms with Crippen LogP contribution in [0.15, 0.2) is 30.5 Å². The quantitative estimate of drug-likeness (QED) is 0.831. The van der Waals surface area contributed by atoms with Crippen LogP contribution in [0.3, 0.4) is 0 Å². The number of piperazine rings is 1. The second kappa shape index (κ2) is 8.32. The van der Waals surface area contributed by atoms with E-state index in [1.807, 2.05) is 29.3 Å². The lowest BCUT2D eigenvalue weighted by atomic mass is 10.0. The van der Waals surface area contributed by atoms with Crippen LogP contribution in [0.2, 0.25) is 0 Å². The molecule has 1 aromatic carbocycles. The van der Waals surface area contributed by atoms with E-state index in [-0.39, 0.29) is 18.4 Å². The summed E-state index contributed by atoms with van der Waals surface area (Å²) in [7, 11) is 2.18. The Balaban J connectivity index is 1.23. The minimum atomic E-state index is -0.213. The molecule has 2 aliphatic rings. The van der Waals surface area contributed by atoms with Gasteiger partial charge in [0.1, 0.15) is 0 Å². The number of benzene rings is 1. The van der Waals surface area contributed by atoms with Crippen molar-refractivity contribution in [2.75, 3.05) is 52.9 Å². The summed E-state index contributed by atoms with van der Waals surface area (Å²) in [6.45, 7) is 5.71. The standard InChI is InChI=1S/C21H29N5O2/c1-24-8-5-18(6-9-24)25-10-12-26(13-11-25)20(27)15-23-21(28)17-3-2-16-4-7-22-19(16)14-17/h2-4,7,14,18,22H,5-6,8-13,15H2,1H3,(H,23,28). The Morgan fingerprint density at radius 3 is 2.57 bits per heavy atom. The Morgan fingerprint density at radius 2 is 1.82 bits per heavy atom. The van der Waals surface area contributed by atoms with E-state index in [0.29, 0.717) is 11.6 Å². The van der Waals surface area contributed by atoms with E-state index < -0.39 is 0 Å². The van der Waals surface area contributed by atoms with Crippen LogP contribution in [0.1, 0.15) is 23.2 Å². The molecule has 0 spiro atoms. The summed E-state index contributed by atoms with van der Waals surface area (Å²) in [6, 6.07) is 8.12. The molecule has 150 valence electrons. The number of carbonyl (C=O) groups is 2. The molecule has 2 amide bonds. The normalized spacial score (nSPS) is 19.8. The van der Waals surface area contributed by atoms with Gasteiger partial charge >= 0.3 is 0 Å². The van der Waals surface area contributed by atoms with Gasteiger partial charge in [0, 0.05) is 49.5 Å². The highest BCUT2D eigenvalue weighted by atomic mass is 16.2. The molecule has 0 radical (unpaired) electrons. The monoisotopic (exact) mass is 383 g/mol. The Hall–Kier alpha value is -2.38. The number of aromatic nitrogens is 1. The fourth-order valence-electron chi connectivity index (χ4n) is 4.26. The number of amides is 2. The molecule has 0 aliphatic carbocycles. The molecule has 7 nitrogen and oxygen atoms in total. The Morgan fingerprint density at radius 1 is 1.07 bits per heavy atom. The molecular formula is C21H29N5O2. The van der Waals surface area contributed by atoms with Crippen molar-refractivity contribution in [3.63, 3.8) is 0 Å². The van der Waals surface area contributed by atoms with Crippen molar-refractivity contribution in [2.45, 2.75) is 18.9 Å². The van der Waals surface area contributed by atoms with E-state index in [1.165, 1.54) is 12.8 Å². The molecule has 0 saturated carbocycles. The molecule has 2 aliphatic heterocycles. The van der Waals surface area contributed by atoms with Crippen molar-refractivity contribution in [3.05, 3.63) is 36.0 Å². The number of H-pyrrole nitrogens is 1. The molecular weight excluding hydrogens is 354 g/mol. The molecule has 2 aromatic rings. The SMILES string of the molecule is CN1CCC(N2CCN(C(=O)CNC(=O)c3ccc4cc[nH]c4c3)CC2)CC1. The largest absolute Gasteiger partial charge is 0.361 e. The number of fused-ring (bicyclic) bond motifs is 1. The van der Waals surface area contributed by atoms with Crippen molar-refractivity contribution in [2.24, 2.45) is 0 Å². The average molecular weight is 383 g/mol. The number of hydrogen-bond donors (Lipinski definition) is 2. The van der Waals surface area contributed by atoms with Crippen LogP contribution in [0.25, 0.3) is 10.9 Å². The number of hydrogen-bond acceptors (Lipinski definition) is 4. The first-order valence-corrected chi connectivity index (χ1v) is 10.2. The molecule has 0 bridgehead atoms. The van der Waals surface area contributed by atoms with Crippen LogP contribution in [0, 0.1) is 0 Å². The van der Waals surface area contributed by atoms with Crippen LogP contribution < -0.4 is 5.32 Å². The Bertz CT molecular complexity index is 832. The van der Waals surface area contributed by atoms with E-state index in [4.69, 9.17) is 0 Å². The van der Waals surface area contributed by atoms with Gasteiger partial charge in [-0.3, -0.25) is 14.5 Å². The third-order valence-electron chi connectivity index (χ3n) is 6.09. The van der Waals surface area contributed by atoms with Gasteiger partial charge in [-0.1, -0.05) is 6.07 Å². The highest BCUT2D eigenvalue weighted by molar-refractivity contribution is 5.99. The third-order valence-corrected chi connectivity index (χ3v) is 6.09. The van der Waals surface area contributed by atoms with E-state index >= 15 is 0 Å². The molecule has 2 N–H and O–H groups in total. The number of nitrogens with one attached hydrogen (secondary N) is 2. The zero-order chi connectivity index (χ0) is 19.5. The maximum absolute atomic E-state index is 12.5. The lowest BCUT2D eigenvalue weighted by Crippen LogP contribution is -2.55. The summed E-state index contributed by atoms with van der Waals surface area (Å²) in [5.74, 6) is -0.216. The molecule has 2 saturated heterocycles. The fourth-order valence-corrected chi connectivity index (χ4v) is 4.26. The smallest absolute Gasteiger partial charge is 0.251 e. The van der Waals surface area contributed by atoms with Crippen molar-refractivity contribution < 1.29 is 9.59 Å². The minimum absolute atomic E-state index is 0.00247. The molecule has 7 heteroatoms. The molecule has 0 unspecified atom stereocenters. The molecule has 3 heterocycles. The van der Waals surface area contributed by atoms with Gasteiger partial charge in [-0.25, -0.2) is 0 Å². The first-order valence-electron chi connectivity index (χ1n) is 10.2. The van der Waals surface area contributed by atoms with Crippen LogP contribution in [-0.2, 0) is 4.79 Å². The first-order chi connectivity index (χ1) is 13.6. The topological polar surface area (TPSA) is 71.7 Å². The predicted molar refractivity (Wildman–Crippen MR) is 109 cm³/mol. The highest BCUT2D eigenvalue weighted by Crippen LogP contribution is 2.17. The number of carbonyl (C=O) groups excluding carboxylic acids is 2. The average Bonchev–Trinajstić information content (AvgIpc) is 3.20. The molecule has 28 heavy (non-hydrogen) atoms. The van der Waals surface area contributed by atoms with E-state index in [1.54, 1.807) is 6.07 Å². The van der Waals surface area contributed by atoms with E-state index in [0.717, 1.165) is 50.2 Å². The maximum atomic E-state index is 12.5. The van der Waals surface area contributed by atoms with Crippen molar-refractivity contribution in [1.29, 1.82) is 0 Å². The molecule has 1 aromatic heterocycles. The van der Waals surface area contributed by atoms with Gasteiger partial charge in [-0.2, -0.15) is 0 Å². The lowest BCUT2D eigenvalue weighted by Gasteiger charge is -2.42. The van der Waals surface area contributed by atoms with Crippen LogP contribution in [0.4, 0.5) is 0 Å². The van der Waals surface area contributed by atoms with Gasteiger partial charge in [-0.05, 0) is 56.6 Å². The van der Waals surface area contributed by atoms with Gasteiger partial charge in [0.2, 0.25) is 5.91 Å². The van der Waals surface area contributed by atoms with Crippen LogP contribution in [0.5, 0.6) is 0 Å². The zero-order valence-corrected chi connectivity index (χ0v) is 16.5. The number of aromatic amines is 1. The van der Waals surface area contributed by atoms with Crippen molar-refractivity contribution in [3.8, 4) is 0 Å². The van der Waals surface area contributed by atoms with Gasteiger partial charge < -0.3 is 20.1 Å². The summed E-state index contributed by atoms with van der Waals surface area (Å²) in [5.41, 5.74) is 1.49. The summed E-state index contributed by atoms with van der Waals surface area (Å²) in [5, 5.41) is 3.83. The van der Waals surface area contributed by atoms with E-state index in [9.17, 15) is 9.59 Å². The summed E-state index contributed by atoms with van der Waals surface area (Å²) < 4.78 is 0. The molecule has 4 rings (SSSR count). The summed E-state index contributed by atoms with van der Waals surface area (Å²) in [4.78, 5) is 34.8. The van der Waals surface area contributed by atoms with Crippen LogP contribution >= 0.6 is 0 Å². The predicted octanol–water partition coefficient (Wildman–Crippen LogP) is 1.14. The van der Waals surface area contributed by atoms with E-state index in [2.05, 4.69) is 27.1 Å². The zero-order valence-electron chi connectivity index (χ0n) is 16.5. The van der Waals surface area contributed by atoms with Gasteiger partial charge in [0.15, 0.2) is 0 Å². The lowest BCUT2D eigenvalue weighted by molar-refractivity contribution is -0.132. The Kier molecular flexibility index (Phi) is 5.64. The maximum Gasteiger partial charge on any atom is 0.251 e. The van der Waals surface area contributed by atoms with Crippen molar-refractivity contribution >= 4 is 22.7 Å². The highest BCUT2D eigenvalue weighted by Gasteiger charge is 2.28. The first kappa shape index (κ1) is 19.0. The Labute approximate surface area is 165 Å².